The van der Waals surface area contributed by atoms with Crippen LogP contribution in [0.4, 0.5) is 0 Å². The summed E-state index contributed by atoms with van der Waals surface area (Å²) in [4.78, 5) is 28.7. The summed E-state index contributed by atoms with van der Waals surface area (Å²) in [6.45, 7) is 9.78. The molecule has 30 heavy (non-hydrogen) atoms. The van der Waals surface area contributed by atoms with Gasteiger partial charge in [0.2, 0.25) is 11.8 Å². The third-order valence-electron chi connectivity index (χ3n) is 4.88. The molecule has 1 fully saturated rings. The Morgan fingerprint density at radius 2 is 1.77 bits per heavy atom. The zero-order valence-electron chi connectivity index (χ0n) is 18.9. The van der Waals surface area contributed by atoms with Crippen LogP contribution < -0.4 is 5.73 Å². The van der Waals surface area contributed by atoms with Crippen molar-refractivity contribution in [3.8, 4) is 5.75 Å². The van der Waals surface area contributed by atoms with Crippen molar-refractivity contribution in [3.63, 3.8) is 0 Å². The lowest BCUT2D eigenvalue weighted by Crippen LogP contribution is -2.45. The van der Waals surface area contributed by atoms with Crippen LogP contribution in [0, 0.1) is 0 Å². The molecule has 0 unspecified atom stereocenters. The van der Waals surface area contributed by atoms with E-state index in [9.17, 15) is 14.7 Å². The minimum Gasteiger partial charge on any atom is -0.508 e. The van der Waals surface area contributed by atoms with Crippen LogP contribution in [-0.2, 0) is 16.1 Å². The number of rotatable bonds is 6. The Morgan fingerprint density at radius 1 is 1.10 bits per heavy atom. The second kappa shape index (κ2) is 13.6. The van der Waals surface area contributed by atoms with Crippen molar-refractivity contribution < 1.29 is 14.7 Å². The first kappa shape index (κ1) is 25.4. The molecular formula is C24H37N3O3. The van der Waals surface area contributed by atoms with E-state index in [1.54, 1.807) is 34.1 Å². The molecule has 1 aromatic carbocycles. The fourth-order valence-electron chi connectivity index (χ4n) is 3.22. The van der Waals surface area contributed by atoms with Gasteiger partial charge in [0, 0.05) is 12.2 Å². The highest BCUT2D eigenvalue weighted by Crippen LogP contribution is 2.26. The van der Waals surface area contributed by atoms with E-state index in [0.29, 0.717) is 19.5 Å². The van der Waals surface area contributed by atoms with E-state index in [1.165, 1.54) is 12.8 Å². The Morgan fingerprint density at radius 3 is 2.23 bits per heavy atom. The number of allylic oxidation sites excluding steroid dienone is 3. The van der Waals surface area contributed by atoms with E-state index in [-0.39, 0.29) is 24.1 Å². The van der Waals surface area contributed by atoms with Crippen molar-refractivity contribution in [2.75, 3.05) is 19.6 Å². The highest BCUT2D eigenvalue weighted by Gasteiger charge is 2.29. The quantitative estimate of drug-likeness (QED) is 0.736. The lowest BCUT2D eigenvalue weighted by Gasteiger charge is -2.33. The molecule has 0 atom stereocenters. The average Bonchev–Trinajstić information content (AvgIpc) is 2.73. The van der Waals surface area contributed by atoms with E-state index >= 15 is 0 Å². The maximum Gasteiger partial charge on any atom is 0.246 e. The van der Waals surface area contributed by atoms with Crippen molar-refractivity contribution in [1.82, 2.24) is 9.80 Å². The number of benzene rings is 1. The molecule has 0 aromatic heterocycles. The summed E-state index contributed by atoms with van der Waals surface area (Å²) >= 11 is 0. The zero-order valence-corrected chi connectivity index (χ0v) is 18.9. The normalized spacial score (nSPS) is 17.6. The number of phenolic OH excluding ortho intramolecular Hbond substituents is 1. The summed E-state index contributed by atoms with van der Waals surface area (Å²) in [6.07, 6.45) is 7.41. The van der Waals surface area contributed by atoms with Crippen LogP contribution in [0.15, 0.2) is 47.7 Å². The molecule has 166 valence electrons. The van der Waals surface area contributed by atoms with Crippen molar-refractivity contribution in [2.24, 2.45) is 5.73 Å². The van der Waals surface area contributed by atoms with Crippen LogP contribution in [0.25, 0.3) is 0 Å². The van der Waals surface area contributed by atoms with E-state index in [2.05, 4.69) is 6.92 Å². The average molecular weight is 416 g/mol. The number of carbonyl (C=O) groups is 2. The van der Waals surface area contributed by atoms with Crippen LogP contribution in [-0.4, -0.2) is 46.4 Å². The molecule has 1 aromatic rings. The van der Waals surface area contributed by atoms with Crippen LogP contribution >= 0.6 is 0 Å². The fourth-order valence-corrected chi connectivity index (χ4v) is 3.22. The number of carbonyl (C=O) groups excluding carboxylic acids is 2. The zero-order chi connectivity index (χ0) is 22.5. The standard InChI is InChI=1S/C20H26N2O3.C4H11N/c1-4-7-16-12-19(24)21(6-3)14-20(25)22(18(16)5-2)13-15-8-10-17(23)11-9-15;1-2-3-4-5/h5,7-11,23H,4,6,12-14H2,1-3H3;2-5H2,1H3/b16-7-,18-5+;. The van der Waals surface area contributed by atoms with Gasteiger partial charge in [-0.05, 0) is 56.5 Å². The highest BCUT2D eigenvalue weighted by molar-refractivity contribution is 5.89. The lowest BCUT2D eigenvalue weighted by molar-refractivity contribution is -0.140. The second-order valence-electron chi connectivity index (χ2n) is 7.18. The van der Waals surface area contributed by atoms with Crippen molar-refractivity contribution in [3.05, 3.63) is 53.3 Å². The maximum atomic E-state index is 12.9. The van der Waals surface area contributed by atoms with Gasteiger partial charge in [-0.25, -0.2) is 0 Å². The van der Waals surface area contributed by atoms with Gasteiger partial charge >= 0.3 is 0 Å². The number of nitrogens with zero attached hydrogens (tertiary/aromatic N) is 2. The summed E-state index contributed by atoms with van der Waals surface area (Å²) in [5.74, 6) is 0.0839. The van der Waals surface area contributed by atoms with Crippen LogP contribution in [0.1, 0.15) is 58.9 Å². The lowest BCUT2D eigenvalue weighted by atomic mass is 10.0. The number of unbranched alkanes of at least 4 members (excludes halogenated alkanes) is 1. The molecule has 6 nitrogen and oxygen atoms in total. The number of likely N-dealkylation sites (N-methyl/N-ethyl adjacent to an activating group) is 1. The van der Waals surface area contributed by atoms with Crippen molar-refractivity contribution in [1.29, 1.82) is 0 Å². The van der Waals surface area contributed by atoms with Crippen LogP contribution in [0.2, 0.25) is 0 Å². The smallest absolute Gasteiger partial charge is 0.246 e. The van der Waals surface area contributed by atoms with Crippen LogP contribution in [0.3, 0.4) is 0 Å². The third-order valence-corrected chi connectivity index (χ3v) is 4.88. The number of phenols is 1. The first-order valence-electron chi connectivity index (χ1n) is 10.8. The van der Waals surface area contributed by atoms with Gasteiger partial charge in [0.1, 0.15) is 12.3 Å². The van der Waals surface area contributed by atoms with Gasteiger partial charge < -0.3 is 20.6 Å². The summed E-state index contributed by atoms with van der Waals surface area (Å²) in [6, 6.07) is 6.84. The molecule has 1 aliphatic heterocycles. The Kier molecular flexibility index (Phi) is 11.5. The molecule has 1 saturated heterocycles. The van der Waals surface area contributed by atoms with Gasteiger partial charge in [-0.15, -0.1) is 0 Å². The molecule has 2 rings (SSSR count). The predicted molar refractivity (Wildman–Crippen MR) is 122 cm³/mol. The summed E-state index contributed by atoms with van der Waals surface area (Å²) in [5, 5.41) is 9.46. The summed E-state index contributed by atoms with van der Waals surface area (Å²) < 4.78 is 0. The number of amides is 2. The molecule has 3 N–H and O–H groups in total. The van der Waals surface area contributed by atoms with Crippen LogP contribution in [0.5, 0.6) is 5.75 Å². The second-order valence-corrected chi connectivity index (χ2v) is 7.18. The molecular weight excluding hydrogens is 378 g/mol. The summed E-state index contributed by atoms with van der Waals surface area (Å²) in [5.41, 5.74) is 7.75. The maximum absolute atomic E-state index is 12.9. The number of hydrogen-bond donors (Lipinski definition) is 2. The Labute approximate surface area is 181 Å². The van der Waals surface area contributed by atoms with Gasteiger partial charge in [0.15, 0.2) is 0 Å². The van der Waals surface area contributed by atoms with E-state index in [0.717, 1.165) is 29.8 Å². The summed E-state index contributed by atoms with van der Waals surface area (Å²) in [7, 11) is 0. The fraction of sp³-hybridized carbons (Fsp3) is 0.500. The highest BCUT2D eigenvalue weighted by atomic mass is 16.3. The molecule has 0 aliphatic carbocycles. The first-order valence-corrected chi connectivity index (χ1v) is 10.8. The largest absolute Gasteiger partial charge is 0.508 e. The van der Waals surface area contributed by atoms with Crippen molar-refractivity contribution >= 4 is 11.8 Å². The molecule has 0 spiro atoms. The molecule has 1 heterocycles. The van der Waals surface area contributed by atoms with Gasteiger partial charge in [-0.1, -0.05) is 44.6 Å². The van der Waals surface area contributed by atoms with E-state index in [4.69, 9.17) is 5.73 Å². The Hall–Kier alpha value is -2.60. The van der Waals surface area contributed by atoms with Crippen molar-refractivity contribution in [2.45, 2.75) is 59.9 Å². The molecule has 1 aliphatic rings. The van der Waals surface area contributed by atoms with Gasteiger partial charge in [-0.3, -0.25) is 9.59 Å². The first-order chi connectivity index (χ1) is 14.4. The number of aromatic hydroxyl groups is 1. The third kappa shape index (κ3) is 7.67. The number of hydrogen-bond acceptors (Lipinski definition) is 4. The molecule has 0 bridgehead atoms. The van der Waals surface area contributed by atoms with E-state index < -0.39 is 0 Å². The topological polar surface area (TPSA) is 86.9 Å². The minimum absolute atomic E-state index is 0.0146. The molecule has 6 heteroatoms. The van der Waals surface area contributed by atoms with E-state index in [1.807, 2.05) is 32.9 Å². The number of nitrogens with two attached hydrogens (primary N) is 1. The van der Waals surface area contributed by atoms with Gasteiger partial charge in [-0.2, -0.15) is 0 Å². The SMILES string of the molecule is C/C=C1\C(=C/CC)CC(=O)N(CC)CC(=O)N1Cc1ccc(O)cc1.CCCCN. The van der Waals surface area contributed by atoms with Gasteiger partial charge in [0.05, 0.1) is 13.0 Å². The molecule has 0 radical (unpaired) electrons. The molecule has 2 amide bonds. The molecule has 0 saturated carbocycles. The minimum atomic E-state index is -0.0990. The Bertz CT molecular complexity index is 737. The predicted octanol–water partition coefficient (Wildman–Crippen LogP) is 3.96. The Balaban J connectivity index is 0.000000804. The monoisotopic (exact) mass is 415 g/mol. The van der Waals surface area contributed by atoms with Gasteiger partial charge in [0.25, 0.3) is 0 Å².